The van der Waals surface area contributed by atoms with Gasteiger partial charge in [-0.15, -0.1) is 11.3 Å². The predicted molar refractivity (Wildman–Crippen MR) is 219 cm³/mol. The Morgan fingerprint density at radius 2 is 1.00 bits per heavy atom. The average Bonchev–Trinajstić information content (AvgIpc) is 3.88. The van der Waals surface area contributed by atoms with Gasteiger partial charge in [-0.1, -0.05) is 146 Å². The molecule has 0 saturated carbocycles. The lowest BCUT2D eigenvalue weighted by molar-refractivity contribution is 0.669. The molecule has 0 saturated heterocycles. The summed E-state index contributed by atoms with van der Waals surface area (Å²) >= 11 is 1.85. The molecule has 1 aliphatic carbocycles. The molecule has 11 rings (SSSR count). The minimum absolute atomic E-state index is 0.450. The van der Waals surface area contributed by atoms with Crippen LogP contribution in [0.2, 0.25) is 0 Å². The topological polar surface area (TPSA) is 16.4 Å². The smallest absolute Gasteiger partial charge is 0.138 e. The first-order valence-electron chi connectivity index (χ1n) is 17.8. The van der Waals surface area contributed by atoms with Gasteiger partial charge in [0.05, 0.1) is 11.1 Å². The second-order valence-corrected chi connectivity index (χ2v) is 14.6. The number of para-hydroxylation sites is 2. The van der Waals surface area contributed by atoms with Crippen molar-refractivity contribution in [2.75, 3.05) is 4.90 Å². The fourth-order valence-corrected chi connectivity index (χ4v) is 10.1. The van der Waals surface area contributed by atoms with E-state index < -0.39 is 5.41 Å². The molecule has 0 amide bonds. The maximum absolute atomic E-state index is 6.61. The molecule has 0 spiro atoms. The number of anilines is 3. The van der Waals surface area contributed by atoms with E-state index in [0.717, 1.165) is 33.6 Å². The number of fused-ring (bicyclic) bond motifs is 10. The van der Waals surface area contributed by atoms with Gasteiger partial charge in [0.25, 0.3) is 0 Å². The van der Waals surface area contributed by atoms with Crippen molar-refractivity contribution in [1.82, 2.24) is 0 Å². The van der Waals surface area contributed by atoms with E-state index in [4.69, 9.17) is 4.42 Å². The van der Waals surface area contributed by atoms with E-state index >= 15 is 0 Å². The maximum Gasteiger partial charge on any atom is 0.138 e. The van der Waals surface area contributed by atoms with Crippen molar-refractivity contribution in [3.05, 3.63) is 210 Å². The highest BCUT2D eigenvalue weighted by Crippen LogP contribution is 2.56. The Hall–Kier alpha value is -6.42. The summed E-state index contributed by atoms with van der Waals surface area (Å²) in [6.45, 7) is 0. The third kappa shape index (κ3) is 4.06. The highest BCUT2D eigenvalue weighted by molar-refractivity contribution is 7.27. The monoisotopic (exact) mass is 681 g/mol. The Kier molecular flexibility index (Phi) is 6.37. The standard InChI is InChI=1S/C49H31NOS/c1-3-15-32(16-4-1)49(40-23-11-7-19-36(40)37-20-8-12-24-41(37)49)33-27-29-35(30-28-33)50(34-17-5-2-6-18-34)42-31-44-47(38-21-9-13-25-43(38)51-44)48-46(42)39-22-10-14-26-45(39)52-48/h1-31H. The summed E-state index contributed by atoms with van der Waals surface area (Å²) in [5.74, 6) is 0. The molecule has 244 valence electrons. The molecule has 0 atom stereocenters. The summed E-state index contributed by atoms with van der Waals surface area (Å²) in [6, 6.07) is 68.3. The quantitative estimate of drug-likeness (QED) is 0.180. The number of rotatable bonds is 5. The number of nitrogens with zero attached hydrogens (tertiary/aromatic N) is 1. The van der Waals surface area contributed by atoms with Gasteiger partial charge in [-0.25, -0.2) is 0 Å². The number of thiophene rings is 1. The van der Waals surface area contributed by atoms with Crippen LogP contribution in [0.1, 0.15) is 22.3 Å². The fraction of sp³-hybridized carbons (Fsp3) is 0.0204. The third-order valence-electron chi connectivity index (χ3n) is 10.9. The Morgan fingerprint density at radius 3 is 1.73 bits per heavy atom. The van der Waals surface area contributed by atoms with Crippen LogP contribution in [0.4, 0.5) is 17.1 Å². The van der Waals surface area contributed by atoms with E-state index in [9.17, 15) is 0 Å². The van der Waals surface area contributed by atoms with Gasteiger partial charge in [0, 0.05) is 48.4 Å². The molecule has 8 aromatic carbocycles. The molecule has 0 fully saturated rings. The molecule has 2 nitrogen and oxygen atoms in total. The molecule has 3 heteroatoms. The van der Waals surface area contributed by atoms with Crippen molar-refractivity contribution in [1.29, 1.82) is 0 Å². The first-order valence-corrected chi connectivity index (χ1v) is 18.6. The first kappa shape index (κ1) is 29.3. The normalized spacial score (nSPS) is 13.2. The summed E-state index contributed by atoms with van der Waals surface area (Å²) in [7, 11) is 0. The van der Waals surface area contributed by atoms with Crippen LogP contribution in [0.15, 0.2) is 192 Å². The lowest BCUT2D eigenvalue weighted by Crippen LogP contribution is -2.28. The highest BCUT2D eigenvalue weighted by Gasteiger charge is 2.45. The maximum atomic E-state index is 6.61. The van der Waals surface area contributed by atoms with Crippen molar-refractivity contribution >= 4 is 70.5 Å². The zero-order valence-electron chi connectivity index (χ0n) is 28.2. The molecule has 0 unspecified atom stereocenters. The predicted octanol–water partition coefficient (Wildman–Crippen LogP) is 13.8. The van der Waals surface area contributed by atoms with Gasteiger partial charge in [0.2, 0.25) is 0 Å². The lowest BCUT2D eigenvalue weighted by Gasteiger charge is -2.34. The van der Waals surface area contributed by atoms with E-state index in [-0.39, 0.29) is 0 Å². The van der Waals surface area contributed by atoms with Crippen LogP contribution in [0.25, 0.3) is 53.2 Å². The van der Waals surface area contributed by atoms with Gasteiger partial charge in [-0.3, -0.25) is 0 Å². The van der Waals surface area contributed by atoms with Crippen LogP contribution >= 0.6 is 11.3 Å². The van der Waals surface area contributed by atoms with Crippen molar-refractivity contribution in [2.24, 2.45) is 0 Å². The van der Waals surface area contributed by atoms with E-state index in [0.29, 0.717) is 0 Å². The van der Waals surface area contributed by atoms with E-state index in [2.05, 4.69) is 193 Å². The van der Waals surface area contributed by atoms with Crippen molar-refractivity contribution in [2.45, 2.75) is 5.41 Å². The van der Waals surface area contributed by atoms with Crippen LogP contribution < -0.4 is 4.90 Å². The number of benzene rings is 8. The summed E-state index contributed by atoms with van der Waals surface area (Å²) < 4.78 is 9.13. The Morgan fingerprint density at radius 1 is 0.442 bits per heavy atom. The molecule has 10 aromatic rings. The van der Waals surface area contributed by atoms with Crippen molar-refractivity contribution < 1.29 is 4.42 Å². The second-order valence-electron chi connectivity index (χ2n) is 13.6. The zero-order chi connectivity index (χ0) is 34.2. The molecule has 0 aliphatic heterocycles. The van der Waals surface area contributed by atoms with E-state index in [1.165, 1.54) is 58.9 Å². The van der Waals surface area contributed by atoms with Gasteiger partial charge in [-0.2, -0.15) is 0 Å². The van der Waals surface area contributed by atoms with Crippen LogP contribution in [-0.2, 0) is 5.41 Å². The van der Waals surface area contributed by atoms with E-state index in [1.807, 2.05) is 11.3 Å². The lowest BCUT2D eigenvalue weighted by atomic mass is 9.68. The largest absolute Gasteiger partial charge is 0.456 e. The zero-order valence-corrected chi connectivity index (χ0v) is 29.0. The fourth-order valence-electron chi connectivity index (χ4n) is 8.83. The minimum Gasteiger partial charge on any atom is -0.456 e. The summed E-state index contributed by atoms with van der Waals surface area (Å²) in [5, 5.41) is 4.83. The van der Waals surface area contributed by atoms with Gasteiger partial charge in [0.1, 0.15) is 11.2 Å². The minimum atomic E-state index is -0.450. The van der Waals surface area contributed by atoms with Gasteiger partial charge < -0.3 is 9.32 Å². The molecule has 0 N–H and O–H groups in total. The molecular formula is C49H31NOS. The number of furan rings is 1. The molecular weight excluding hydrogens is 651 g/mol. The molecule has 2 aromatic heterocycles. The van der Waals surface area contributed by atoms with Crippen LogP contribution in [-0.4, -0.2) is 0 Å². The Labute approximate surface area is 305 Å². The average molecular weight is 682 g/mol. The number of hydrogen-bond acceptors (Lipinski definition) is 3. The summed E-state index contributed by atoms with van der Waals surface area (Å²) in [4.78, 5) is 2.41. The highest BCUT2D eigenvalue weighted by atomic mass is 32.1. The second kappa shape index (κ2) is 11.3. The Bertz CT molecular complexity index is 2910. The van der Waals surface area contributed by atoms with Gasteiger partial charge in [0.15, 0.2) is 0 Å². The van der Waals surface area contributed by atoms with Gasteiger partial charge >= 0.3 is 0 Å². The van der Waals surface area contributed by atoms with Crippen molar-refractivity contribution in [3.8, 4) is 11.1 Å². The molecule has 52 heavy (non-hydrogen) atoms. The molecule has 1 aliphatic rings. The van der Waals surface area contributed by atoms with Gasteiger partial charge in [-0.05, 0) is 69.8 Å². The SMILES string of the molecule is c1ccc(N(c2ccc(C3(c4ccccc4)c4ccccc4-c4ccccc43)cc2)c2cc3oc4ccccc4c3c3sc4ccccc4c23)cc1. The Balaban J connectivity index is 1.18. The molecule has 2 heterocycles. The van der Waals surface area contributed by atoms with Crippen LogP contribution in [0.3, 0.4) is 0 Å². The van der Waals surface area contributed by atoms with Crippen molar-refractivity contribution in [3.63, 3.8) is 0 Å². The third-order valence-corrected chi connectivity index (χ3v) is 12.1. The summed E-state index contributed by atoms with van der Waals surface area (Å²) in [5.41, 5.74) is 12.4. The number of hydrogen-bond donors (Lipinski definition) is 0. The van der Waals surface area contributed by atoms with Crippen LogP contribution in [0.5, 0.6) is 0 Å². The van der Waals surface area contributed by atoms with E-state index in [1.54, 1.807) is 0 Å². The first-order chi connectivity index (χ1) is 25.8. The molecule has 0 radical (unpaired) electrons. The summed E-state index contributed by atoms with van der Waals surface area (Å²) in [6.07, 6.45) is 0. The molecule has 0 bridgehead atoms. The van der Waals surface area contributed by atoms with Crippen LogP contribution in [0, 0.1) is 0 Å².